The zero-order valence-electron chi connectivity index (χ0n) is 13.7. The summed E-state index contributed by atoms with van der Waals surface area (Å²) in [6, 6.07) is 2.10. The third-order valence-corrected chi connectivity index (χ3v) is 3.54. The van der Waals surface area contributed by atoms with Crippen molar-refractivity contribution >= 4 is 45.9 Å². The lowest BCUT2D eigenvalue weighted by Gasteiger charge is -2.22. The molecule has 0 amide bonds. The molecule has 2 heterocycles. The van der Waals surface area contributed by atoms with Crippen molar-refractivity contribution in [3.8, 4) is 0 Å². The Hall–Kier alpha value is -1.10. The molecule has 0 fully saturated rings. The Morgan fingerprint density at radius 1 is 1.52 bits per heavy atom. The number of aryl methyl sites for hydroxylation is 2. The zero-order chi connectivity index (χ0) is 16.1. The minimum absolute atomic E-state index is 0. The first-order chi connectivity index (χ1) is 10.5. The maximum absolute atomic E-state index is 5.09. The second-order valence-electron chi connectivity index (χ2n) is 5.02. The molecule has 2 aromatic heterocycles. The third kappa shape index (κ3) is 5.79. The Labute approximate surface area is 161 Å². The van der Waals surface area contributed by atoms with Gasteiger partial charge < -0.3 is 19.3 Å². The Bertz CT molecular complexity index is 653. The molecule has 0 aliphatic rings. The number of hydrogen-bond acceptors (Lipinski definition) is 4. The van der Waals surface area contributed by atoms with Gasteiger partial charge in [-0.2, -0.15) is 4.98 Å². The van der Waals surface area contributed by atoms with Crippen LogP contribution in [0, 0.1) is 6.92 Å². The smallest absolute Gasteiger partial charge is 0.248 e. The van der Waals surface area contributed by atoms with Gasteiger partial charge in [-0.25, -0.2) is 4.99 Å². The summed E-state index contributed by atoms with van der Waals surface area (Å²) in [5.74, 6) is 1.94. The summed E-state index contributed by atoms with van der Waals surface area (Å²) in [7, 11) is 4.03. The third-order valence-electron chi connectivity index (χ3n) is 3.10. The van der Waals surface area contributed by atoms with E-state index in [1.165, 1.54) is 5.69 Å². The lowest BCUT2D eigenvalue weighted by molar-refractivity contribution is 0.375. The van der Waals surface area contributed by atoms with Crippen molar-refractivity contribution in [2.75, 3.05) is 13.6 Å². The van der Waals surface area contributed by atoms with Gasteiger partial charge in [0.05, 0.1) is 6.54 Å². The Morgan fingerprint density at radius 3 is 2.78 bits per heavy atom. The van der Waals surface area contributed by atoms with E-state index in [2.05, 4.69) is 51.9 Å². The fraction of sp³-hybridized carbons (Fsp3) is 0.500. The van der Waals surface area contributed by atoms with Crippen LogP contribution in [0.15, 0.2) is 26.3 Å². The molecule has 0 spiro atoms. The normalized spacial score (nSPS) is 11.3. The zero-order valence-corrected chi connectivity index (χ0v) is 17.6. The fourth-order valence-corrected chi connectivity index (χ4v) is 2.63. The Balaban J connectivity index is 0.00000264. The lowest BCUT2D eigenvalue weighted by atomic mass is 10.4. The van der Waals surface area contributed by atoms with Crippen LogP contribution in [0.3, 0.4) is 0 Å². The van der Waals surface area contributed by atoms with E-state index in [1.54, 1.807) is 6.92 Å². The molecular weight excluding hydrogens is 475 g/mol. The molecule has 0 radical (unpaired) electrons. The Kier molecular flexibility index (Phi) is 8.03. The molecule has 0 aromatic carbocycles. The van der Waals surface area contributed by atoms with Gasteiger partial charge in [-0.1, -0.05) is 5.16 Å². The van der Waals surface area contributed by atoms with Crippen molar-refractivity contribution in [1.82, 2.24) is 24.9 Å². The molecule has 1 N–H and O–H groups in total. The first-order valence-electron chi connectivity index (χ1n) is 7.09. The molecule has 2 aromatic rings. The summed E-state index contributed by atoms with van der Waals surface area (Å²) < 4.78 is 8.25. The first-order valence-corrected chi connectivity index (χ1v) is 7.88. The number of nitrogens with zero attached hydrogens (tertiary/aromatic N) is 5. The maximum atomic E-state index is 5.09. The average Bonchev–Trinajstić information content (AvgIpc) is 3.00. The molecule has 0 aliphatic carbocycles. The van der Waals surface area contributed by atoms with Gasteiger partial charge in [-0.15, -0.1) is 24.0 Å². The number of halogens is 2. The van der Waals surface area contributed by atoms with Crippen LogP contribution in [0.1, 0.15) is 24.3 Å². The summed E-state index contributed by atoms with van der Waals surface area (Å²) in [5.41, 5.74) is 1.19. The van der Waals surface area contributed by atoms with Crippen molar-refractivity contribution in [3.63, 3.8) is 0 Å². The number of hydrogen-bond donors (Lipinski definition) is 1. The van der Waals surface area contributed by atoms with E-state index in [0.717, 1.165) is 23.5 Å². The highest BCUT2D eigenvalue weighted by Gasteiger charge is 2.10. The van der Waals surface area contributed by atoms with E-state index < -0.39 is 0 Å². The van der Waals surface area contributed by atoms with Crippen LogP contribution in [0.5, 0.6) is 0 Å². The highest BCUT2D eigenvalue weighted by molar-refractivity contribution is 14.0. The molecule has 0 aliphatic heterocycles. The Morgan fingerprint density at radius 2 is 2.26 bits per heavy atom. The fourth-order valence-electron chi connectivity index (χ4n) is 2.06. The van der Waals surface area contributed by atoms with Crippen LogP contribution in [-0.2, 0) is 20.1 Å². The molecule has 0 saturated carbocycles. The topological polar surface area (TPSA) is 71.5 Å². The van der Waals surface area contributed by atoms with Crippen molar-refractivity contribution in [1.29, 1.82) is 0 Å². The van der Waals surface area contributed by atoms with Crippen molar-refractivity contribution in [2.24, 2.45) is 12.0 Å². The SMILES string of the molecule is CCNC(=NCc1nc(C)no1)N(C)Cc1cc(Br)cn1C.I. The standard InChI is InChI=1S/C14H21BrN6O.HI/c1-5-16-14(17-7-13-18-10(2)19-22-13)21(4)9-12-6-11(15)8-20(12)3;/h6,8H,5,7,9H2,1-4H3,(H,16,17);1H. The van der Waals surface area contributed by atoms with E-state index in [9.17, 15) is 0 Å². The molecule has 2 rings (SSSR count). The molecule has 0 saturated heterocycles. The summed E-state index contributed by atoms with van der Waals surface area (Å²) in [6.07, 6.45) is 2.04. The number of guanidine groups is 1. The quantitative estimate of drug-likeness (QED) is 0.391. The number of rotatable bonds is 5. The number of nitrogens with one attached hydrogen (secondary N) is 1. The largest absolute Gasteiger partial charge is 0.357 e. The van der Waals surface area contributed by atoms with Gasteiger partial charge in [0.2, 0.25) is 5.89 Å². The van der Waals surface area contributed by atoms with Crippen LogP contribution in [-0.4, -0.2) is 39.2 Å². The van der Waals surface area contributed by atoms with Gasteiger partial charge in [-0.05, 0) is 35.8 Å². The summed E-state index contributed by atoms with van der Waals surface area (Å²) in [4.78, 5) is 10.8. The molecule has 0 unspecified atom stereocenters. The average molecular weight is 497 g/mol. The van der Waals surface area contributed by atoms with Crippen LogP contribution < -0.4 is 5.32 Å². The predicted octanol–water partition coefficient (Wildman–Crippen LogP) is 2.69. The van der Waals surface area contributed by atoms with Gasteiger partial charge in [0.25, 0.3) is 0 Å². The van der Waals surface area contributed by atoms with Gasteiger partial charge in [0.1, 0.15) is 6.54 Å². The van der Waals surface area contributed by atoms with E-state index in [0.29, 0.717) is 18.3 Å². The highest BCUT2D eigenvalue weighted by atomic mass is 127. The second-order valence-corrected chi connectivity index (χ2v) is 5.94. The summed E-state index contributed by atoms with van der Waals surface area (Å²) in [5, 5.41) is 7.04. The van der Waals surface area contributed by atoms with Gasteiger partial charge in [0, 0.05) is 37.0 Å². The monoisotopic (exact) mass is 496 g/mol. The van der Waals surface area contributed by atoms with E-state index >= 15 is 0 Å². The lowest BCUT2D eigenvalue weighted by Crippen LogP contribution is -2.38. The van der Waals surface area contributed by atoms with E-state index in [4.69, 9.17) is 4.52 Å². The van der Waals surface area contributed by atoms with E-state index in [1.807, 2.05) is 27.2 Å². The first kappa shape index (κ1) is 19.9. The number of aromatic nitrogens is 3. The van der Waals surface area contributed by atoms with E-state index in [-0.39, 0.29) is 24.0 Å². The van der Waals surface area contributed by atoms with Crippen LogP contribution in [0.4, 0.5) is 0 Å². The van der Waals surface area contributed by atoms with Crippen LogP contribution in [0.2, 0.25) is 0 Å². The predicted molar refractivity (Wildman–Crippen MR) is 104 cm³/mol. The molecule has 0 bridgehead atoms. The van der Waals surface area contributed by atoms with Gasteiger partial charge in [0.15, 0.2) is 11.8 Å². The molecule has 128 valence electrons. The van der Waals surface area contributed by atoms with Gasteiger partial charge >= 0.3 is 0 Å². The molecule has 9 heteroatoms. The van der Waals surface area contributed by atoms with Crippen molar-refractivity contribution < 1.29 is 4.52 Å². The number of aliphatic imine (C=N–C) groups is 1. The minimum atomic E-state index is 0. The summed E-state index contributed by atoms with van der Waals surface area (Å²) in [6.45, 7) is 5.74. The van der Waals surface area contributed by atoms with Crippen molar-refractivity contribution in [2.45, 2.75) is 26.9 Å². The minimum Gasteiger partial charge on any atom is -0.357 e. The molecular formula is C14H22BrIN6O. The van der Waals surface area contributed by atoms with Crippen molar-refractivity contribution in [3.05, 3.63) is 34.1 Å². The van der Waals surface area contributed by atoms with Crippen LogP contribution in [0.25, 0.3) is 0 Å². The van der Waals surface area contributed by atoms with Gasteiger partial charge in [-0.3, -0.25) is 0 Å². The summed E-state index contributed by atoms with van der Waals surface area (Å²) >= 11 is 3.49. The molecule has 7 nitrogen and oxygen atoms in total. The maximum Gasteiger partial charge on any atom is 0.248 e. The molecule has 23 heavy (non-hydrogen) atoms. The van der Waals surface area contributed by atoms with Crippen LogP contribution >= 0.6 is 39.9 Å². The highest BCUT2D eigenvalue weighted by Crippen LogP contribution is 2.15. The molecule has 0 atom stereocenters. The second kappa shape index (κ2) is 9.26.